The van der Waals surface area contributed by atoms with Crippen molar-refractivity contribution in [2.45, 2.75) is 63.1 Å². The van der Waals surface area contributed by atoms with Crippen LogP contribution in [0.2, 0.25) is 0 Å². The Bertz CT molecular complexity index is 983. The van der Waals surface area contributed by atoms with Crippen molar-refractivity contribution in [2.24, 2.45) is 0 Å². The Balaban J connectivity index is 1.57. The van der Waals surface area contributed by atoms with Crippen molar-refractivity contribution in [2.75, 3.05) is 19.7 Å². The van der Waals surface area contributed by atoms with Gasteiger partial charge in [0.1, 0.15) is 11.9 Å². The highest BCUT2D eigenvalue weighted by atomic mass is 19.1. The number of furan rings is 1. The molecule has 2 atom stereocenters. The number of nitrogens with one attached hydrogen (secondary N) is 2. The standard InChI is InChI=1S/C26H32FN3O5/c27-19-12-10-18(11-13-19)24(26(33)29-20-6-2-1-3-7-20)30(17-21-8-4-14-34-21)23(31)16-28-25(32)22-9-5-15-35-22/h5,9-13,15,20-21,24H,1-4,6-8,14,16-17H2,(H,28,32)(H,29,33)/t21-,24-/m1/s1. The van der Waals surface area contributed by atoms with Crippen LogP contribution in [0, 0.1) is 5.82 Å². The van der Waals surface area contributed by atoms with Gasteiger partial charge in [-0.15, -0.1) is 0 Å². The van der Waals surface area contributed by atoms with Crippen LogP contribution in [0.15, 0.2) is 47.1 Å². The van der Waals surface area contributed by atoms with Crippen LogP contribution in [0.25, 0.3) is 0 Å². The second-order valence-electron chi connectivity index (χ2n) is 9.14. The van der Waals surface area contributed by atoms with Gasteiger partial charge >= 0.3 is 0 Å². The molecule has 35 heavy (non-hydrogen) atoms. The minimum Gasteiger partial charge on any atom is -0.459 e. The van der Waals surface area contributed by atoms with Crippen LogP contribution in [0.4, 0.5) is 4.39 Å². The van der Waals surface area contributed by atoms with Gasteiger partial charge in [0, 0.05) is 19.2 Å². The van der Waals surface area contributed by atoms with Gasteiger partial charge in [-0.3, -0.25) is 14.4 Å². The van der Waals surface area contributed by atoms with Crippen LogP contribution < -0.4 is 10.6 Å². The molecule has 4 rings (SSSR count). The lowest BCUT2D eigenvalue weighted by Crippen LogP contribution is -2.51. The van der Waals surface area contributed by atoms with Crippen LogP contribution in [0.3, 0.4) is 0 Å². The fourth-order valence-electron chi connectivity index (χ4n) is 4.76. The lowest BCUT2D eigenvalue weighted by atomic mass is 9.94. The minimum atomic E-state index is -0.977. The van der Waals surface area contributed by atoms with E-state index in [0.717, 1.165) is 44.9 Å². The zero-order valence-electron chi connectivity index (χ0n) is 19.7. The number of hydrogen-bond donors (Lipinski definition) is 2. The van der Waals surface area contributed by atoms with Crippen molar-refractivity contribution in [3.05, 3.63) is 59.8 Å². The first-order valence-corrected chi connectivity index (χ1v) is 12.3. The Labute approximate surface area is 204 Å². The average Bonchev–Trinajstić information content (AvgIpc) is 3.58. The normalized spacial score (nSPS) is 19.2. The van der Waals surface area contributed by atoms with E-state index >= 15 is 0 Å². The third kappa shape index (κ3) is 6.69. The van der Waals surface area contributed by atoms with E-state index in [1.54, 1.807) is 6.07 Å². The summed E-state index contributed by atoms with van der Waals surface area (Å²) >= 11 is 0. The molecule has 0 bridgehead atoms. The van der Waals surface area contributed by atoms with Gasteiger partial charge in [0.2, 0.25) is 11.8 Å². The van der Waals surface area contributed by atoms with Crippen molar-refractivity contribution < 1.29 is 27.9 Å². The summed E-state index contributed by atoms with van der Waals surface area (Å²) in [4.78, 5) is 40.8. The van der Waals surface area contributed by atoms with E-state index in [1.165, 1.54) is 41.5 Å². The van der Waals surface area contributed by atoms with Crippen LogP contribution >= 0.6 is 0 Å². The molecule has 2 fully saturated rings. The Kier molecular flexibility index (Phi) is 8.52. The minimum absolute atomic E-state index is 0.0394. The average molecular weight is 486 g/mol. The highest BCUT2D eigenvalue weighted by Gasteiger charge is 2.35. The van der Waals surface area contributed by atoms with Gasteiger partial charge in [0.15, 0.2) is 5.76 Å². The Hall–Kier alpha value is -3.20. The molecule has 1 aliphatic carbocycles. The molecule has 0 unspecified atom stereocenters. The number of benzene rings is 1. The van der Waals surface area contributed by atoms with E-state index in [2.05, 4.69) is 10.6 Å². The van der Waals surface area contributed by atoms with Gasteiger partial charge in [-0.1, -0.05) is 31.4 Å². The van der Waals surface area contributed by atoms with Gasteiger partial charge in [0.05, 0.1) is 18.9 Å². The highest BCUT2D eigenvalue weighted by Crippen LogP contribution is 2.26. The lowest BCUT2D eigenvalue weighted by Gasteiger charge is -2.34. The monoisotopic (exact) mass is 485 g/mol. The first kappa shape index (κ1) is 24.9. The number of nitrogens with zero attached hydrogens (tertiary/aromatic N) is 1. The molecule has 2 N–H and O–H groups in total. The van der Waals surface area contributed by atoms with Crippen LogP contribution in [-0.4, -0.2) is 54.5 Å². The highest BCUT2D eigenvalue weighted by molar-refractivity contribution is 5.95. The second kappa shape index (κ2) is 12.0. The number of ether oxygens (including phenoxy) is 1. The zero-order chi connectivity index (χ0) is 24.6. The fraction of sp³-hybridized carbons (Fsp3) is 0.500. The maximum Gasteiger partial charge on any atom is 0.287 e. The van der Waals surface area contributed by atoms with E-state index < -0.39 is 23.7 Å². The first-order chi connectivity index (χ1) is 17.0. The molecule has 188 valence electrons. The van der Waals surface area contributed by atoms with Crippen molar-refractivity contribution in [3.8, 4) is 0 Å². The maximum absolute atomic E-state index is 13.7. The summed E-state index contributed by atoms with van der Waals surface area (Å²) in [6.07, 6.45) is 7.81. The molecule has 1 aliphatic heterocycles. The molecule has 2 aromatic rings. The van der Waals surface area contributed by atoms with Crippen molar-refractivity contribution >= 4 is 17.7 Å². The molecular weight excluding hydrogens is 453 g/mol. The van der Waals surface area contributed by atoms with Gasteiger partial charge in [-0.05, 0) is 55.5 Å². The van der Waals surface area contributed by atoms with Crippen LogP contribution in [0.5, 0.6) is 0 Å². The topological polar surface area (TPSA) is 101 Å². The van der Waals surface area contributed by atoms with E-state index in [9.17, 15) is 18.8 Å². The number of carbonyl (C=O) groups is 3. The molecular formula is C26H32FN3O5. The number of amides is 3. The molecule has 8 nitrogen and oxygen atoms in total. The number of carbonyl (C=O) groups excluding carboxylic acids is 3. The summed E-state index contributed by atoms with van der Waals surface area (Å²) in [6, 6.07) is 7.76. The number of rotatable bonds is 9. The molecule has 2 heterocycles. The molecule has 3 amide bonds. The molecule has 1 saturated heterocycles. The van der Waals surface area contributed by atoms with E-state index in [1.807, 2.05) is 0 Å². The molecule has 0 radical (unpaired) electrons. The van der Waals surface area contributed by atoms with Crippen molar-refractivity contribution in [1.29, 1.82) is 0 Å². The first-order valence-electron chi connectivity index (χ1n) is 12.3. The quantitative estimate of drug-likeness (QED) is 0.567. The maximum atomic E-state index is 13.7. The summed E-state index contributed by atoms with van der Waals surface area (Å²) in [5, 5.41) is 5.68. The summed E-state index contributed by atoms with van der Waals surface area (Å²) in [5.41, 5.74) is 0.503. The Morgan fingerprint density at radius 3 is 2.46 bits per heavy atom. The van der Waals surface area contributed by atoms with Gasteiger partial charge in [0.25, 0.3) is 5.91 Å². The van der Waals surface area contributed by atoms with E-state index in [0.29, 0.717) is 12.2 Å². The van der Waals surface area contributed by atoms with E-state index in [-0.39, 0.29) is 36.9 Å². The second-order valence-corrected chi connectivity index (χ2v) is 9.14. The Morgan fingerprint density at radius 1 is 1.03 bits per heavy atom. The molecule has 0 spiro atoms. The van der Waals surface area contributed by atoms with E-state index in [4.69, 9.17) is 9.15 Å². The van der Waals surface area contributed by atoms with Crippen molar-refractivity contribution in [1.82, 2.24) is 15.5 Å². The SMILES string of the molecule is O=C(NCC(=O)N(C[C@H]1CCCO1)[C@@H](C(=O)NC1CCCCC1)c1ccc(F)cc1)c1ccco1. The predicted octanol–water partition coefficient (Wildman–Crippen LogP) is 3.35. The van der Waals surface area contributed by atoms with Crippen LogP contribution in [0.1, 0.15) is 67.1 Å². The van der Waals surface area contributed by atoms with Gasteiger partial charge < -0.3 is 24.7 Å². The summed E-state index contributed by atoms with van der Waals surface area (Å²) < 4.78 is 24.6. The van der Waals surface area contributed by atoms with Crippen molar-refractivity contribution in [3.63, 3.8) is 0 Å². The molecule has 2 aliphatic rings. The van der Waals surface area contributed by atoms with Crippen LogP contribution in [-0.2, 0) is 14.3 Å². The summed E-state index contributed by atoms with van der Waals surface area (Å²) in [5.74, 6) is -1.61. The third-order valence-electron chi connectivity index (χ3n) is 6.59. The summed E-state index contributed by atoms with van der Waals surface area (Å²) in [6.45, 7) is 0.466. The molecule has 9 heteroatoms. The summed E-state index contributed by atoms with van der Waals surface area (Å²) in [7, 11) is 0. The Morgan fingerprint density at radius 2 is 1.80 bits per heavy atom. The molecule has 1 saturated carbocycles. The molecule has 1 aromatic carbocycles. The number of hydrogen-bond acceptors (Lipinski definition) is 5. The van der Waals surface area contributed by atoms with Gasteiger partial charge in [-0.2, -0.15) is 0 Å². The number of halogens is 1. The third-order valence-corrected chi connectivity index (χ3v) is 6.59. The molecule has 1 aromatic heterocycles. The zero-order valence-corrected chi connectivity index (χ0v) is 19.7. The smallest absolute Gasteiger partial charge is 0.287 e. The predicted molar refractivity (Wildman–Crippen MR) is 126 cm³/mol. The van der Waals surface area contributed by atoms with Gasteiger partial charge in [-0.25, -0.2) is 4.39 Å². The largest absolute Gasteiger partial charge is 0.459 e. The fourth-order valence-corrected chi connectivity index (χ4v) is 4.76. The lowest BCUT2D eigenvalue weighted by molar-refractivity contribution is -0.142.